The third-order valence-electron chi connectivity index (χ3n) is 4.54. The van der Waals surface area contributed by atoms with Crippen LogP contribution >= 0.6 is 0 Å². The van der Waals surface area contributed by atoms with Gasteiger partial charge in [0.15, 0.2) is 0 Å². The Morgan fingerprint density at radius 2 is 1.85 bits per heavy atom. The van der Waals surface area contributed by atoms with Gasteiger partial charge in [-0.1, -0.05) is 30.3 Å². The van der Waals surface area contributed by atoms with Crippen LogP contribution in [0, 0.1) is 19.7 Å². The Morgan fingerprint density at radius 1 is 1.04 bits per heavy atom. The van der Waals surface area contributed by atoms with E-state index in [0.29, 0.717) is 29.9 Å². The van der Waals surface area contributed by atoms with E-state index in [-0.39, 0.29) is 11.7 Å². The molecule has 1 amide bonds. The average Bonchev–Trinajstić information content (AvgIpc) is 2.67. The molecule has 27 heavy (non-hydrogen) atoms. The van der Waals surface area contributed by atoms with Crippen LogP contribution in [0.4, 0.5) is 15.9 Å². The molecule has 3 aromatic rings. The molecule has 0 radical (unpaired) electrons. The smallest absolute Gasteiger partial charge is 0.257 e. The molecule has 2 N–H and O–H groups in total. The van der Waals surface area contributed by atoms with Crippen LogP contribution in [0.2, 0.25) is 0 Å². The lowest BCUT2D eigenvalue weighted by Crippen LogP contribution is -2.14. The molecule has 2 aromatic carbocycles. The van der Waals surface area contributed by atoms with Crippen molar-refractivity contribution in [2.75, 3.05) is 17.2 Å². The predicted octanol–water partition coefficient (Wildman–Crippen LogP) is 4.74. The first-order chi connectivity index (χ1) is 13.0. The Morgan fingerprint density at radius 3 is 2.59 bits per heavy atom. The molecule has 0 saturated heterocycles. The number of carbonyl (C=O) groups is 1. The van der Waals surface area contributed by atoms with Crippen LogP contribution in [0.5, 0.6) is 0 Å². The van der Waals surface area contributed by atoms with Crippen molar-refractivity contribution in [2.24, 2.45) is 0 Å². The number of nitrogens with one attached hydrogen (secondary N) is 2. The standard InChI is InChI=1S/C22H22FN3O/c1-15-6-5-9-20(16(15)2)26-22(27)18-10-11-21(25-14-18)24-13-12-17-7-3-4-8-19(17)23/h3-11,14H,12-13H2,1-2H3,(H,24,25)(H,26,27). The third-order valence-corrected chi connectivity index (χ3v) is 4.54. The lowest BCUT2D eigenvalue weighted by atomic mass is 10.1. The van der Waals surface area contributed by atoms with Crippen molar-refractivity contribution in [3.8, 4) is 0 Å². The van der Waals surface area contributed by atoms with Gasteiger partial charge in [-0.05, 0) is 61.2 Å². The second-order valence-electron chi connectivity index (χ2n) is 6.40. The van der Waals surface area contributed by atoms with Crippen LogP contribution in [0.15, 0.2) is 60.8 Å². The Balaban J connectivity index is 1.57. The largest absolute Gasteiger partial charge is 0.370 e. The number of nitrogens with zero attached hydrogens (tertiary/aromatic N) is 1. The topological polar surface area (TPSA) is 54.0 Å². The summed E-state index contributed by atoms with van der Waals surface area (Å²) < 4.78 is 13.6. The lowest BCUT2D eigenvalue weighted by Gasteiger charge is -2.11. The minimum absolute atomic E-state index is 0.200. The van der Waals surface area contributed by atoms with Crippen molar-refractivity contribution in [3.63, 3.8) is 0 Å². The van der Waals surface area contributed by atoms with Gasteiger partial charge in [-0.2, -0.15) is 0 Å². The normalized spacial score (nSPS) is 10.5. The molecule has 0 saturated carbocycles. The van der Waals surface area contributed by atoms with E-state index >= 15 is 0 Å². The molecule has 0 unspecified atom stereocenters. The summed E-state index contributed by atoms with van der Waals surface area (Å²) in [5, 5.41) is 6.06. The first kappa shape index (κ1) is 18.6. The summed E-state index contributed by atoms with van der Waals surface area (Å²) in [6.45, 7) is 4.54. The average molecular weight is 363 g/mol. The quantitative estimate of drug-likeness (QED) is 0.665. The Hall–Kier alpha value is -3.21. The molecule has 3 rings (SSSR count). The summed E-state index contributed by atoms with van der Waals surface area (Å²) in [6.07, 6.45) is 2.09. The van der Waals surface area contributed by atoms with Crippen molar-refractivity contribution in [2.45, 2.75) is 20.3 Å². The fourth-order valence-corrected chi connectivity index (χ4v) is 2.74. The lowest BCUT2D eigenvalue weighted by molar-refractivity contribution is 0.102. The molecule has 1 aromatic heterocycles. The Kier molecular flexibility index (Phi) is 5.81. The van der Waals surface area contributed by atoms with Crippen molar-refractivity contribution in [1.82, 2.24) is 4.98 Å². The van der Waals surface area contributed by atoms with Crippen LogP contribution in [-0.4, -0.2) is 17.4 Å². The number of anilines is 2. The maximum Gasteiger partial charge on any atom is 0.257 e. The summed E-state index contributed by atoms with van der Waals surface area (Å²) in [5.74, 6) is 0.245. The Labute approximate surface area is 158 Å². The zero-order chi connectivity index (χ0) is 19.2. The number of benzene rings is 2. The number of aryl methyl sites for hydroxylation is 1. The number of hydrogen-bond acceptors (Lipinski definition) is 3. The summed E-state index contributed by atoms with van der Waals surface area (Å²) in [5.41, 5.74) is 4.11. The first-order valence-corrected chi connectivity index (χ1v) is 8.85. The minimum Gasteiger partial charge on any atom is -0.370 e. The van der Waals surface area contributed by atoms with Crippen LogP contribution in [-0.2, 0) is 6.42 Å². The number of amides is 1. The zero-order valence-corrected chi connectivity index (χ0v) is 15.4. The summed E-state index contributed by atoms with van der Waals surface area (Å²) in [6, 6.07) is 16.0. The highest BCUT2D eigenvalue weighted by Crippen LogP contribution is 2.19. The number of aromatic nitrogens is 1. The van der Waals surface area contributed by atoms with Gasteiger partial charge in [0.05, 0.1) is 5.56 Å². The van der Waals surface area contributed by atoms with Crippen molar-refractivity contribution >= 4 is 17.4 Å². The SMILES string of the molecule is Cc1cccc(NC(=O)c2ccc(NCCc3ccccc3F)nc2)c1C. The van der Waals surface area contributed by atoms with Gasteiger partial charge in [0, 0.05) is 18.4 Å². The van der Waals surface area contributed by atoms with E-state index in [0.717, 1.165) is 16.8 Å². The molecule has 0 spiro atoms. The molecule has 0 bridgehead atoms. The van der Waals surface area contributed by atoms with E-state index in [1.807, 2.05) is 38.1 Å². The maximum atomic E-state index is 13.6. The van der Waals surface area contributed by atoms with Crippen molar-refractivity contribution < 1.29 is 9.18 Å². The highest BCUT2D eigenvalue weighted by Gasteiger charge is 2.09. The number of carbonyl (C=O) groups excluding carboxylic acids is 1. The number of hydrogen-bond donors (Lipinski definition) is 2. The first-order valence-electron chi connectivity index (χ1n) is 8.85. The van der Waals surface area contributed by atoms with E-state index < -0.39 is 0 Å². The maximum absolute atomic E-state index is 13.6. The summed E-state index contributed by atoms with van der Waals surface area (Å²) >= 11 is 0. The van der Waals surface area contributed by atoms with Crippen molar-refractivity contribution in [3.05, 3.63) is 88.9 Å². The van der Waals surface area contributed by atoms with Crippen LogP contribution in [0.25, 0.3) is 0 Å². The highest BCUT2D eigenvalue weighted by molar-refractivity contribution is 6.04. The number of halogens is 1. The van der Waals surface area contributed by atoms with Crippen LogP contribution in [0.1, 0.15) is 27.0 Å². The zero-order valence-electron chi connectivity index (χ0n) is 15.4. The molecule has 5 heteroatoms. The monoisotopic (exact) mass is 363 g/mol. The molecule has 4 nitrogen and oxygen atoms in total. The van der Waals surface area contributed by atoms with Gasteiger partial charge in [-0.25, -0.2) is 9.37 Å². The van der Waals surface area contributed by atoms with Gasteiger partial charge in [0.2, 0.25) is 0 Å². The van der Waals surface area contributed by atoms with Crippen LogP contribution in [0.3, 0.4) is 0 Å². The van der Waals surface area contributed by atoms with Gasteiger partial charge in [-0.15, -0.1) is 0 Å². The molecule has 1 heterocycles. The number of pyridine rings is 1. The molecular weight excluding hydrogens is 341 g/mol. The molecule has 0 fully saturated rings. The van der Waals surface area contributed by atoms with Gasteiger partial charge < -0.3 is 10.6 Å². The second kappa shape index (κ2) is 8.45. The van der Waals surface area contributed by atoms with E-state index in [2.05, 4.69) is 15.6 Å². The van der Waals surface area contributed by atoms with Gasteiger partial charge in [0.1, 0.15) is 11.6 Å². The molecule has 0 aliphatic carbocycles. The van der Waals surface area contributed by atoms with Crippen molar-refractivity contribution in [1.29, 1.82) is 0 Å². The van der Waals surface area contributed by atoms with Gasteiger partial charge >= 0.3 is 0 Å². The van der Waals surface area contributed by atoms with Gasteiger partial charge in [0.25, 0.3) is 5.91 Å². The van der Waals surface area contributed by atoms with Crippen LogP contribution < -0.4 is 10.6 Å². The molecule has 0 aliphatic heterocycles. The molecule has 0 aliphatic rings. The molecular formula is C22H22FN3O. The van der Waals surface area contributed by atoms with E-state index in [1.54, 1.807) is 24.3 Å². The summed E-state index contributed by atoms with van der Waals surface area (Å²) in [4.78, 5) is 16.7. The molecule has 138 valence electrons. The fourth-order valence-electron chi connectivity index (χ4n) is 2.74. The van der Waals surface area contributed by atoms with E-state index in [9.17, 15) is 9.18 Å². The number of rotatable bonds is 6. The van der Waals surface area contributed by atoms with E-state index in [4.69, 9.17) is 0 Å². The minimum atomic E-state index is -0.203. The predicted molar refractivity (Wildman–Crippen MR) is 107 cm³/mol. The third kappa shape index (κ3) is 4.70. The summed E-state index contributed by atoms with van der Waals surface area (Å²) in [7, 11) is 0. The van der Waals surface area contributed by atoms with E-state index in [1.165, 1.54) is 12.3 Å². The molecule has 0 atom stereocenters. The Bertz CT molecular complexity index is 939. The highest BCUT2D eigenvalue weighted by atomic mass is 19.1. The van der Waals surface area contributed by atoms with Gasteiger partial charge in [-0.3, -0.25) is 4.79 Å². The second-order valence-corrected chi connectivity index (χ2v) is 6.40. The fraction of sp³-hybridized carbons (Fsp3) is 0.182.